The van der Waals surface area contributed by atoms with Gasteiger partial charge in [0, 0.05) is 39.3 Å². The van der Waals surface area contributed by atoms with Crippen molar-refractivity contribution in [2.75, 3.05) is 39.3 Å². The van der Waals surface area contributed by atoms with Gasteiger partial charge in [0.2, 0.25) is 5.91 Å². The molecule has 6 nitrogen and oxygen atoms in total. The lowest BCUT2D eigenvalue weighted by Crippen LogP contribution is -2.51. The molecular formula is C17H25N3O3. The van der Waals surface area contributed by atoms with Gasteiger partial charge in [0.1, 0.15) is 11.8 Å². The summed E-state index contributed by atoms with van der Waals surface area (Å²) in [5.74, 6) is 0.258. The number of benzene rings is 1. The van der Waals surface area contributed by atoms with Gasteiger partial charge in [-0.05, 0) is 30.5 Å². The molecule has 0 aromatic heterocycles. The molecule has 1 unspecified atom stereocenters. The van der Waals surface area contributed by atoms with Gasteiger partial charge < -0.3 is 20.4 Å². The van der Waals surface area contributed by atoms with Crippen LogP contribution in [0.2, 0.25) is 0 Å². The molecule has 0 aliphatic carbocycles. The van der Waals surface area contributed by atoms with Crippen LogP contribution in [-0.4, -0.2) is 71.3 Å². The Bertz CT molecular complexity index is 538. The van der Waals surface area contributed by atoms with Crippen LogP contribution in [0, 0.1) is 0 Å². The third-order valence-corrected chi connectivity index (χ3v) is 4.71. The number of carbonyl (C=O) groups is 1. The van der Waals surface area contributed by atoms with Crippen LogP contribution in [0.5, 0.6) is 5.75 Å². The smallest absolute Gasteiger partial charge is 0.244 e. The van der Waals surface area contributed by atoms with E-state index in [0.717, 1.165) is 31.7 Å². The van der Waals surface area contributed by atoms with Gasteiger partial charge >= 0.3 is 0 Å². The summed E-state index contributed by atoms with van der Waals surface area (Å²) in [7, 11) is 0. The lowest BCUT2D eigenvalue weighted by Gasteiger charge is -2.39. The summed E-state index contributed by atoms with van der Waals surface area (Å²) >= 11 is 0. The van der Waals surface area contributed by atoms with E-state index < -0.39 is 0 Å². The average molecular weight is 319 g/mol. The molecule has 0 radical (unpaired) electrons. The first-order valence-corrected chi connectivity index (χ1v) is 8.35. The number of hydrogen-bond acceptors (Lipinski definition) is 5. The van der Waals surface area contributed by atoms with Crippen molar-refractivity contribution in [3.8, 4) is 5.75 Å². The van der Waals surface area contributed by atoms with E-state index in [-0.39, 0.29) is 23.8 Å². The summed E-state index contributed by atoms with van der Waals surface area (Å²) in [5, 5.41) is 22.8. The minimum absolute atomic E-state index is 0.0735. The summed E-state index contributed by atoms with van der Waals surface area (Å²) < 4.78 is 0. The molecule has 0 bridgehead atoms. The number of rotatable bonds is 3. The molecular weight excluding hydrogens is 294 g/mol. The van der Waals surface area contributed by atoms with Crippen LogP contribution in [0.25, 0.3) is 0 Å². The number of aromatic hydroxyl groups is 1. The van der Waals surface area contributed by atoms with E-state index in [9.17, 15) is 15.0 Å². The largest absolute Gasteiger partial charge is 0.508 e. The topological polar surface area (TPSA) is 76.0 Å². The normalized spacial score (nSPS) is 22.0. The summed E-state index contributed by atoms with van der Waals surface area (Å²) in [4.78, 5) is 17.1. The fourth-order valence-corrected chi connectivity index (χ4v) is 3.40. The number of likely N-dealkylation sites (tertiary alicyclic amines) is 1. The second-order valence-corrected chi connectivity index (χ2v) is 6.34. The third-order valence-electron chi connectivity index (χ3n) is 4.71. The van der Waals surface area contributed by atoms with Crippen molar-refractivity contribution in [2.24, 2.45) is 0 Å². The molecule has 1 amide bonds. The predicted octanol–water partition coefficient (Wildman–Crippen LogP) is 0.322. The quantitative estimate of drug-likeness (QED) is 0.748. The zero-order valence-electron chi connectivity index (χ0n) is 13.3. The Kier molecular flexibility index (Phi) is 5.15. The van der Waals surface area contributed by atoms with Crippen molar-refractivity contribution in [2.45, 2.75) is 25.0 Å². The van der Waals surface area contributed by atoms with Gasteiger partial charge in [-0.2, -0.15) is 0 Å². The first-order chi connectivity index (χ1) is 11.1. The van der Waals surface area contributed by atoms with Crippen LogP contribution in [0.15, 0.2) is 24.3 Å². The molecule has 2 fully saturated rings. The Labute approximate surface area is 136 Å². The molecule has 2 saturated heterocycles. The maximum atomic E-state index is 13.1. The summed E-state index contributed by atoms with van der Waals surface area (Å²) in [5.41, 5.74) is 0.836. The predicted molar refractivity (Wildman–Crippen MR) is 87.1 cm³/mol. The average Bonchev–Trinajstić information content (AvgIpc) is 2.57. The number of amides is 1. The minimum Gasteiger partial charge on any atom is -0.508 e. The Morgan fingerprint density at radius 2 is 1.87 bits per heavy atom. The van der Waals surface area contributed by atoms with Crippen molar-refractivity contribution < 1.29 is 15.0 Å². The maximum Gasteiger partial charge on any atom is 0.244 e. The van der Waals surface area contributed by atoms with E-state index >= 15 is 0 Å². The van der Waals surface area contributed by atoms with E-state index in [4.69, 9.17) is 0 Å². The highest BCUT2D eigenvalue weighted by atomic mass is 16.3. The lowest BCUT2D eigenvalue weighted by molar-refractivity contribution is -0.139. The molecule has 23 heavy (non-hydrogen) atoms. The number of phenols is 1. The number of aliphatic hydroxyl groups is 1. The molecule has 1 atom stereocenters. The molecule has 1 aromatic rings. The van der Waals surface area contributed by atoms with Crippen LogP contribution in [-0.2, 0) is 4.79 Å². The maximum absolute atomic E-state index is 13.1. The highest BCUT2D eigenvalue weighted by Gasteiger charge is 2.33. The highest BCUT2D eigenvalue weighted by molar-refractivity contribution is 5.83. The number of carbonyl (C=O) groups excluding carboxylic acids is 1. The van der Waals surface area contributed by atoms with Gasteiger partial charge in [0.05, 0.1) is 6.10 Å². The number of nitrogens with one attached hydrogen (secondary N) is 1. The second-order valence-electron chi connectivity index (χ2n) is 6.34. The van der Waals surface area contributed by atoms with E-state index in [1.165, 1.54) is 0 Å². The number of piperazine rings is 1. The highest BCUT2D eigenvalue weighted by Crippen LogP contribution is 2.27. The number of phenolic OH excluding ortho intramolecular Hbond substituents is 1. The summed E-state index contributed by atoms with van der Waals surface area (Å²) in [6, 6.07) is 6.64. The van der Waals surface area contributed by atoms with E-state index in [1.807, 2.05) is 11.0 Å². The summed E-state index contributed by atoms with van der Waals surface area (Å²) in [6.45, 7) is 4.54. The number of nitrogens with zero attached hydrogens (tertiary/aromatic N) is 2. The monoisotopic (exact) mass is 319 g/mol. The first kappa shape index (κ1) is 16.2. The molecule has 2 aliphatic heterocycles. The van der Waals surface area contributed by atoms with E-state index in [1.54, 1.807) is 18.2 Å². The fraction of sp³-hybridized carbons (Fsp3) is 0.588. The molecule has 1 aromatic carbocycles. The summed E-state index contributed by atoms with van der Waals surface area (Å²) in [6.07, 6.45) is 0.984. The van der Waals surface area contributed by atoms with Crippen LogP contribution in [0.3, 0.4) is 0 Å². The van der Waals surface area contributed by atoms with Crippen molar-refractivity contribution in [3.63, 3.8) is 0 Å². The molecule has 2 aliphatic rings. The van der Waals surface area contributed by atoms with Gasteiger partial charge in [0.25, 0.3) is 0 Å². The number of aliphatic hydroxyl groups excluding tert-OH is 1. The SMILES string of the molecule is O=C(C(c1cccc(O)c1)N1CCNCC1)N1CCC(O)CC1. The van der Waals surface area contributed by atoms with Crippen LogP contribution in [0.1, 0.15) is 24.4 Å². The van der Waals surface area contributed by atoms with Gasteiger partial charge in [-0.1, -0.05) is 12.1 Å². The van der Waals surface area contributed by atoms with Crippen molar-refractivity contribution in [1.29, 1.82) is 0 Å². The van der Waals surface area contributed by atoms with E-state index in [2.05, 4.69) is 10.2 Å². The first-order valence-electron chi connectivity index (χ1n) is 8.35. The van der Waals surface area contributed by atoms with Crippen LogP contribution >= 0.6 is 0 Å². The van der Waals surface area contributed by atoms with Gasteiger partial charge in [-0.15, -0.1) is 0 Å². The van der Waals surface area contributed by atoms with Crippen LogP contribution in [0.4, 0.5) is 0 Å². The molecule has 3 rings (SSSR count). The molecule has 126 valence electrons. The zero-order valence-corrected chi connectivity index (χ0v) is 13.3. The van der Waals surface area contributed by atoms with Gasteiger partial charge in [-0.25, -0.2) is 0 Å². The zero-order chi connectivity index (χ0) is 16.2. The van der Waals surface area contributed by atoms with Crippen LogP contribution < -0.4 is 5.32 Å². The molecule has 3 N–H and O–H groups in total. The van der Waals surface area contributed by atoms with Gasteiger partial charge in [-0.3, -0.25) is 9.69 Å². The second kappa shape index (κ2) is 7.29. The fourth-order valence-electron chi connectivity index (χ4n) is 3.40. The lowest BCUT2D eigenvalue weighted by atomic mass is 10.0. The van der Waals surface area contributed by atoms with Crippen molar-refractivity contribution in [3.05, 3.63) is 29.8 Å². The Morgan fingerprint density at radius 1 is 1.17 bits per heavy atom. The molecule has 6 heteroatoms. The van der Waals surface area contributed by atoms with Crippen molar-refractivity contribution in [1.82, 2.24) is 15.1 Å². The molecule has 0 saturated carbocycles. The van der Waals surface area contributed by atoms with E-state index in [0.29, 0.717) is 25.9 Å². The Morgan fingerprint density at radius 3 is 2.52 bits per heavy atom. The molecule has 2 heterocycles. The van der Waals surface area contributed by atoms with Gasteiger partial charge in [0.15, 0.2) is 0 Å². The number of piperidine rings is 1. The van der Waals surface area contributed by atoms with Crippen molar-refractivity contribution >= 4 is 5.91 Å². The Balaban J connectivity index is 1.83. The standard InChI is InChI=1S/C17H25N3O3/c21-14-4-8-20(9-5-14)17(23)16(19-10-6-18-7-11-19)13-2-1-3-15(22)12-13/h1-3,12,14,16,18,21-22H,4-11H2. The third kappa shape index (κ3) is 3.83. The number of hydrogen-bond donors (Lipinski definition) is 3. The molecule has 0 spiro atoms. The Hall–Kier alpha value is -1.63. The minimum atomic E-state index is -0.362.